The summed E-state index contributed by atoms with van der Waals surface area (Å²) in [6.45, 7) is 7.57. The first-order chi connectivity index (χ1) is 19.0. The summed E-state index contributed by atoms with van der Waals surface area (Å²) in [5, 5.41) is 9.13. The van der Waals surface area contributed by atoms with Gasteiger partial charge in [-0.25, -0.2) is 13.6 Å². The lowest BCUT2D eigenvalue weighted by Gasteiger charge is -2.26. The fourth-order valence-corrected chi connectivity index (χ4v) is 6.44. The van der Waals surface area contributed by atoms with Gasteiger partial charge >= 0.3 is 6.09 Å². The van der Waals surface area contributed by atoms with Crippen LogP contribution >= 0.6 is 11.3 Å². The van der Waals surface area contributed by atoms with Gasteiger partial charge in [0.25, 0.3) is 5.91 Å². The number of amides is 2. The Hall–Kier alpha value is -3.97. The first kappa shape index (κ1) is 27.6. The van der Waals surface area contributed by atoms with E-state index in [0.717, 1.165) is 0 Å². The number of rotatable bonds is 4. The maximum atomic E-state index is 14.6. The highest BCUT2D eigenvalue weighted by molar-refractivity contribution is 7.18. The van der Waals surface area contributed by atoms with Gasteiger partial charge in [0.15, 0.2) is 11.6 Å². The smallest absolute Gasteiger partial charge is 0.410 e. The van der Waals surface area contributed by atoms with Crippen LogP contribution in [0.3, 0.4) is 0 Å². The molecule has 2 saturated heterocycles. The highest BCUT2D eigenvalue weighted by Crippen LogP contribution is 2.42. The standard InChI is InChI=1S/C30H29F2N3O4S/c1-30(2,3)39-29(37)35-15-20-13-34(14-21(20)16-35)28(36)26-11-22(17-5-6-19(12-33)23(31)9-17)27(40-26)18-7-8-25(38-4)24(32)10-18/h5-11,20-21H,13-16H2,1-4H3. The van der Waals surface area contributed by atoms with Gasteiger partial charge in [0, 0.05) is 48.5 Å². The maximum absolute atomic E-state index is 14.6. The van der Waals surface area contributed by atoms with Crippen molar-refractivity contribution in [1.82, 2.24) is 9.80 Å². The number of nitrogens with zero attached hydrogens (tertiary/aromatic N) is 3. The van der Waals surface area contributed by atoms with Gasteiger partial charge in [0.05, 0.1) is 17.6 Å². The number of fused-ring (bicyclic) bond motifs is 1. The summed E-state index contributed by atoms with van der Waals surface area (Å²) in [5.41, 5.74) is 0.904. The summed E-state index contributed by atoms with van der Waals surface area (Å²) >= 11 is 1.21. The number of methoxy groups -OCH3 is 1. The van der Waals surface area contributed by atoms with Crippen LogP contribution in [0.4, 0.5) is 13.6 Å². The van der Waals surface area contributed by atoms with E-state index < -0.39 is 17.2 Å². The monoisotopic (exact) mass is 565 g/mol. The van der Waals surface area contributed by atoms with Crippen LogP contribution in [0.1, 0.15) is 36.0 Å². The van der Waals surface area contributed by atoms with Crippen molar-refractivity contribution < 1.29 is 27.8 Å². The minimum Gasteiger partial charge on any atom is -0.494 e. The van der Waals surface area contributed by atoms with Gasteiger partial charge in [0.2, 0.25) is 0 Å². The molecule has 0 spiro atoms. The fourth-order valence-electron chi connectivity index (χ4n) is 5.30. The Morgan fingerprint density at radius 3 is 2.15 bits per heavy atom. The van der Waals surface area contributed by atoms with Gasteiger partial charge < -0.3 is 19.3 Å². The Labute approximate surface area is 235 Å². The molecular formula is C30H29F2N3O4S. The summed E-state index contributed by atoms with van der Waals surface area (Å²) < 4.78 is 39.7. The predicted octanol–water partition coefficient (Wildman–Crippen LogP) is 6.18. The molecule has 2 aromatic carbocycles. The minimum atomic E-state index is -0.673. The topological polar surface area (TPSA) is 82.9 Å². The molecule has 10 heteroatoms. The maximum Gasteiger partial charge on any atom is 0.410 e. The van der Waals surface area contributed by atoms with E-state index in [1.807, 2.05) is 26.8 Å². The first-order valence-corrected chi connectivity index (χ1v) is 13.7. The number of hydrogen-bond donors (Lipinski definition) is 0. The van der Waals surface area contributed by atoms with Crippen LogP contribution < -0.4 is 4.74 Å². The number of halogens is 2. The third-order valence-electron chi connectivity index (χ3n) is 7.18. The normalized spacial score (nSPS) is 18.4. The number of ether oxygens (including phenoxy) is 2. The number of hydrogen-bond acceptors (Lipinski definition) is 6. The van der Waals surface area contributed by atoms with Crippen LogP contribution in [0, 0.1) is 34.8 Å². The predicted molar refractivity (Wildman–Crippen MR) is 147 cm³/mol. The summed E-state index contributed by atoms with van der Waals surface area (Å²) in [4.78, 5) is 30.7. The molecule has 1 aromatic heterocycles. The summed E-state index contributed by atoms with van der Waals surface area (Å²) in [7, 11) is 1.38. The molecule has 5 rings (SSSR count). The molecule has 3 aromatic rings. The third-order valence-corrected chi connectivity index (χ3v) is 8.35. The van der Waals surface area contributed by atoms with Crippen molar-refractivity contribution in [1.29, 1.82) is 5.26 Å². The van der Waals surface area contributed by atoms with Crippen molar-refractivity contribution in [2.24, 2.45) is 11.8 Å². The average Bonchev–Trinajstić information content (AvgIpc) is 3.61. The van der Waals surface area contributed by atoms with Crippen molar-refractivity contribution in [3.8, 4) is 33.4 Å². The molecule has 2 unspecified atom stereocenters. The van der Waals surface area contributed by atoms with Crippen molar-refractivity contribution in [2.45, 2.75) is 26.4 Å². The Morgan fingerprint density at radius 2 is 1.57 bits per heavy atom. The summed E-state index contributed by atoms with van der Waals surface area (Å²) in [5.74, 6) is -1.00. The quantitative estimate of drug-likeness (QED) is 0.377. The van der Waals surface area contributed by atoms with Crippen molar-refractivity contribution >= 4 is 23.3 Å². The van der Waals surface area contributed by atoms with Crippen molar-refractivity contribution in [3.05, 3.63) is 64.5 Å². The van der Waals surface area contributed by atoms with E-state index in [2.05, 4.69) is 0 Å². The van der Waals surface area contributed by atoms with Gasteiger partial charge in [0.1, 0.15) is 17.5 Å². The van der Waals surface area contributed by atoms with E-state index >= 15 is 0 Å². The van der Waals surface area contributed by atoms with Gasteiger partial charge in [-0.1, -0.05) is 6.07 Å². The van der Waals surface area contributed by atoms with Gasteiger partial charge in [-0.05, 0) is 68.3 Å². The number of likely N-dealkylation sites (tertiary alicyclic amines) is 2. The zero-order valence-electron chi connectivity index (χ0n) is 22.7. The molecule has 0 saturated carbocycles. The SMILES string of the molecule is COc1ccc(-c2sc(C(=O)N3CC4CN(C(=O)OC(C)(C)C)CC4C3)cc2-c2ccc(C#N)c(F)c2)cc1F. The highest BCUT2D eigenvalue weighted by atomic mass is 32.1. The molecule has 3 heterocycles. The van der Waals surface area contributed by atoms with E-state index in [1.165, 1.54) is 42.7 Å². The Balaban J connectivity index is 1.42. The largest absolute Gasteiger partial charge is 0.494 e. The molecule has 2 aliphatic rings. The molecule has 2 fully saturated rings. The van der Waals surface area contributed by atoms with Gasteiger partial charge in [-0.2, -0.15) is 5.26 Å². The lowest BCUT2D eigenvalue weighted by atomic mass is 10.0. The average molecular weight is 566 g/mol. The van der Waals surface area contributed by atoms with Crippen molar-refractivity contribution in [3.63, 3.8) is 0 Å². The second kappa shape index (κ2) is 10.5. The van der Waals surface area contributed by atoms with Crippen LogP contribution in [0.25, 0.3) is 21.6 Å². The second-order valence-electron chi connectivity index (χ2n) is 11.1. The number of thiophene rings is 1. The molecule has 208 valence electrons. The Morgan fingerprint density at radius 1 is 0.950 bits per heavy atom. The second-order valence-corrected chi connectivity index (χ2v) is 12.2. The van der Waals surface area contributed by atoms with Gasteiger partial charge in [-0.3, -0.25) is 4.79 Å². The molecule has 2 aliphatic heterocycles. The highest BCUT2D eigenvalue weighted by Gasteiger charge is 2.44. The van der Waals surface area contributed by atoms with E-state index in [1.54, 1.807) is 28.0 Å². The number of carbonyl (C=O) groups excluding carboxylic acids is 2. The minimum absolute atomic E-state index is 0.0867. The molecule has 7 nitrogen and oxygen atoms in total. The van der Waals surface area contributed by atoms with Crippen LogP contribution in [0.15, 0.2) is 42.5 Å². The summed E-state index contributed by atoms with van der Waals surface area (Å²) in [6, 6.07) is 12.3. The molecule has 0 radical (unpaired) electrons. The third kappa shape index (κ3) is 5.39. The van der Waals surface area contributed by atoms with Crippen LogP contribution in [0.5, 0.6) is 5.75 Å². The van der Waals surface area contributed by atoms with Crippen molar-refractivity contribution in [2.75, 3.05) is 33.3 Å². The molecule has 0 N–H and O–H groups in total. The van der Waals surface area contributed by atoms with Crippen LogP contribution in [-0.4, -0.2) is 60.7 Å². The molecule has 2 atom stereocenters. The molecular weight excluding hydrogens is 536 g/mol. The van der Waals surface area contributed by atoms with E-state index in [-0.39, 0.29) is 35.1 Å². The van der Waals surface area contributed by atoms with E-state index in [0.29, 0.717) is 52.6 Å². The zero-order chi connectivity index (χ0) is 28.8. The lowest BCUT2D eigenvalue weighted by Crippen LogP contribution is -2.38. The number of carbonyl (C=O) groups is 2. The lowest BCUT2D eigenvalue weighted by molar-refractivity contribution is 0.0275. The number of benzene rings is 2. The molecule has 40 heavy (non-hydrogen) atoms. The van der Waals surface area contributed by atoms with Crippen LogP contribution in [-0.2, 0) is 4.74 Å². The fraction of sp³-hybridized carbons (Fsp3) is 0.367. The Kier molecular flexibility index (Phi) is 7.27. The molecule has 0 aliphatic carbocycles. The zero-order valence-corrected chi connectivity index (χ0v) is 23.5. The molecule has 0 bridgehead atoms. The number of nitriles is 1. The first-order valence-electron chi connectivity index (χ1n) is 12.9. The van der Waals surface area contributed by atoms with Crippen LogP contribution in [0.2, 0.25) is 0 Å². The molecule has 2 amide bonds. The summed E-state index contributed by atoms with van der Waals surface area (Å²) in [6.07, 6.45) is -0.339. The van der Waals surface area contributed by atoms with Gasteiger partial charge in [-0.15, -0.1) is 11.3 Å². The Bertz CT molecular complexity index is 1510. The van der Waals surface area contributed by atoms with E-state index in [4.69, 9.17) is 14.7 Å². The van der Waals surface area contributed by atoms with E-state index in [9.17, 15) is 18.4 Å².